The largest absolute Gasteiger partial charge is 0.354 e. The Kier molecular flexibility index (Phi) is 12.5. The van der Waals surface area contributed by atoms with E-state index in [9.17, 15) is 9.59 Å². The van der Waals surface area contributed by atoms with Gasteiger partial charge in [0.2, 0.25) is 11.8 Å². The molecule has 7 heteroatoms. The van der Waals surface area contributed by atoms with Crippen molar-refractivity contribution in [1.82, 2.24) is 10.2 Å². The van der Waals surface area contributed by atoms with Crippen LogP contribution in [0, 0.1) is 0 Å². The number of rotatable bonds is 14. The first-order valence-electron chi connectivity index (χ1n) is 12.7. The van der Waals surface area contributed by atoms with E-state index in [1.54, 1.807) is 16.7 Å². The summed E-state index contributed by atoms with van der Waals surface area (Å²) < 4.78 is 0.978. The van der Waals surface area contributed by atoms with E-state index in [1.165, 1.54) is 0 Å². The van der Waals surface area contributed by atoms with Gasteiger partial charge in [-0.3, -0.25) is 9.59 Å². The molecule has 196 valence electrons. The topological polar surface area (TPSA) is 49.4 Å². The number of hydrogen-bond donors (Lipinski definition) is 1. The van der Waals surface area contributed by atoms with Crippen LogP contribution in [-0.4, -0.2) is 35.1 Å². The number of benzene rings is 3. The van der Waals surface area contributed by atoms with Crippen LogP contribution >= 0.6 is 39.3 Å². The number of hydrogen-bond acceptors (Lipinski definition) is 3. The Labute approximate surface area is 238 Å². The maximum atomic E-state index is 13.6. The molecule has 0 aromatic heterocycles. The third-order valence-electron chi connectivity index (χ3n) is 5.98. The molecule has 37 heavy (non-hydrogen) atoms. The van der Waals surface area contributed by atoms with Crippen LogP contribution in [0.15, 0.2) is 88.2 Å². The Hall–Kier alpha value is -2.28. The third kappa shape index (κ3) is 10.2. The molecule has 0 fully saturated rings. The standard InChI is InChI=1S/C30H34BrClN2O2S/c1-2-3-19-33-30(36)28(21-23-8-5-4-6-9-23)34(22-24-11-13-25(31)14-12-24)29(35)10-7-20-37-27-17-15-26(32)16-18-27/h4-6,8-9,11-18,28H,2-3,7,10,19-22H2,1H3,(H,33,36). The molecule has 1 atom stereocenters. The average molecular weight is 602 g/mol. The minimum absolute atomic E-state index is 0.00815. The highest BCUT2D eigenvalue weighted by Crippen LogP contribution is 2.23. The van der Waals surface area contributed by atoms with Crippen LogP contribution in [0.25, 0.3) is 0 Å². The summed E-state index contributed by atoms with van der Waals surface area (Å²) in [5, 5.41) is 3.79. The molecule has 2 amide bonds. The maximum Gasteiger partial charge on any atom is 0.243 e. The molecular formula is C30H34BrClN2O2S. The maximum absolute atomic E-state index is 13.6. The lowest BCUT2D eigenvalue weighted by atomic mass is 10.0. The fraction of sp³-hybridized carbons (Fsp3) is 0.333. The minimum Gasteiger partial charge on any atom is -0.354 e. The van der Waals surface area contributed by atoms with Gasteiger partial charge >= 0.3 is 0 Å². The monoisotopic (exact) mass is 600 g/mol. The van der Waals surface area contributed by atoms with Crippen LogP contribution in [0.5, 0.6) is 0 Å². The second kappa shape index (κ2) is 15.9. The summed E-state index contributed by atoms with van der Waals surface area (Å²) in [5.41, 5.74) is 2.02. The summed E-state index contributed by atoms with van der Waals surface area (Å²) in [7, 11) is 0. The molecule has 0 spiro atoms. The molecule has 3 rings (SSSR count). The smallest absolute Gasteiger partial charge is 0.243 e. The number of unbranched alkanes of at least 4 members (excludes halogenated alkanes) is 1. The minimum atomic E-state index is -0.584. The van der Waals surface area contributed by atoms with Gasteiger partial charge in [-0.1, -0.05) is 83.3 Å². The van der Waals surface area contributed by atoms with Crippen molar-refractivity contribution in [3.8, 4) is 0 Å². The van der Waals surface area contributed by atoms with Crippen molar-refractivity contribution in [1.29, 1.82) is 0 Å². The van der Waals surface area contributed by atoms with Gasteiger partial charge in [-0.25, -0.2) is 0 Å². The van der Waals surface area contributed by atoms with Gasteiger partial charge in [-0.2, -0.15) is 0 Å². The normalized spacial score (nSPS) is 11.6. The third-order valence-corrected chi connectivity index (χ3v) is 7.86. The van der Waals surface area contributed by atoms with E-state index in [0.29, 0.717) is 31.0 Å². The van der Waals surface area contributed by atoms with E-state index < -0.39 is 6.04 Å². The van der Waals surface area contributed by atoms with E-state index in [1.807, 2.05) is 78.9 Å². The highest BCUT2D eigenvalue weighted by Gasteiger charge is 2.30. The van der Waals surface area contributed by atoms with Crippen LogP contribution in [0.3, 0.4) is 0 Å². The van der Waals surface area contributed by atoms with Crippen molar-refractivity contribution >= 4 is 51.1 Å². The zero-order valence-electron chi connectivity index (χ0n) is 21.2. The molecule has 0 heterocycles. The summed E-state index contributed by atoms with van der Waals surface area (Å²) in [6.07, 6.45) is 3.48. The fourth-order valence-electron chi connectivity index (χ4n) is 3.93. The molecule has 0 aliphatic rings. The summed E-state index contributed by atoms with van der Waals surface area (Å²) in [5.74, 6) is 0.704. The number of thioether (sulfide) groups is 1. The molecule has 3 aromatic rings. The Morgan fingerprint density at radius 2 is 1.65 bits per heavy atom. The Morgan fingerprint density at radius 3 is 2.32 bits per heavy atom. The van der Waals surface area contributed by atoms with Crippen molar-refractivity contribution in [2.45, 2.75) is 56.5 Å². The zero-order chi connectivity index (χ0) is 26.5. The van der Waals surface area contributed by atoms with Gasteiger partial charge in [-0.05, 0) is 66.1 Å². The Balaban J connectivity index is 1.76. The quantitative estimate of drug-likeness (QED) is 0.153. The zero-order valence-corrected chi connectivity index (χ0v) is 24.3. The van der Waals surface area contributed by atoms with E-state index in [2.05, 4.69) is 28.2 Å². The first-order chi connectivity index (χ1) is 18.0. The van der Waals surface area contributed by atoms with Gasteiger partial charge in [-0.15, -0.1) is 11.8 Å². The Bertz CT molecular complexity index is 1110. The highest BCUT2D eigenvalue weighted by molar-refractivity contribution is 9.10. The number of nitrogens with zero attached hydrogens (tertiary/aromatic N) is 1. The molecule has 0 saturated carbocycles. The van der Waals surface area contributed by atoms with Crippen molar-refractivity contribution in [3.05, 3.63) is 99.5 Å². The van der Waals surface area contributed by atoms with E-state index in [-0.39, 0.29) is 11.8 Å². The molecule has 1 N–H and O–H groups in total. The fourth-order valence-corrected chi connectivity index (χ4v) is 5.18. The summed E-state index contributed by atoms with van der Waals surface area (Å²) in [4.78, 5) is 30.0. The van der Waals surface area contributed by atoms with Gasteiger partial charge < -0.3 is 10.2 Å². The molecule has 1 unspecified atom stereocenters. The predicted molar refractivity (Wildman–Crippen MR) is 158 cm³/mol. The number of nitrogens with one attached hydrogen (secondary N) is 1. The van der Waals surface area contributed by atoms with Crippen LogP contribution in [0.4, 0.5) is 0 Å². The number of carbonyl (C=O) groups excluding carboxylic acids is 2. The molecule has 0 saturated heterocycles. The molecule has 0 aliphatic heterocycles. The second-order valence-electron chi connectivity index (χ2n) is 8.90. The van der Waals surface area contributed by atoms with Crippen LogP contribution in [-0.2, 0) is 22.6 Å². The van der Waals surface area contributed by atoms with Gasteiger partial charge in [0.05, 0.1) is 0 Å². The number of halogens is 2. The molecule has 0 aliphatic carbocycles. The van der Waals surface area contributed by atoms with Crippen LogP contribution < -0.4 is 5.32 Å². The van der Waals surface area contributed by atoms with E-state index in [0.717, 1.165) is 45.5 Å². The summed E-state index contributed by atoms with van der Waals surface area (Å²) in [6, 6.07) is 25.0. The first-order valence-corrected chi connectivity index (χ1v) is 14.9. The van der Waals surface area contributed by atoms with Crippen molar-refractivity contribution in [2.24, 2.45) is 0 Å². The van der Waals surface area contributed by atoms with Crippen LogP contribution in [0.1, 0.15) is 43.7 Å². The second-order valence-corrected chi connectivity index (χ2v) is 11.4. The SMILES string of the molecule is CCCCNC(=O)C(Cc1ccccc1)N(Cc1ccc(Br)cc1)C(=O)CCCSc1ccc(Cl)cc1. The van der Waals surface area contributed by atoms with Crippen LogP contribution in [0.2, 0.25) is 5.02 Å². The summed E-state index contributed by atoms with van der Waals surface area (Å²) >= 11 is 11.2. The number of carbonyl (C=O) groups is 2. The molecule has 0 bridgehead atoms. The Morgan fingerprint density at radius 1 is 0.946 bits per heavy atom. The molecule has 0 radical (unpaired) electrons. The lowest BCUT2D eigenvalue weighted by molar-refractivity contribution is -0.141. The van der Waals surface area contributed by atoms with Gasteiger partial charge in [0.25, 0.3) is 0 Å². The predicted octanol–water partition coefficient (Wildman–Crippen LogP) is 7.53. The number of amides is 2. The van der Waals surface area contributed by atoms with Gasteiger partial charge in [0.15, 0.2) is 0 Å². The van der Waals surface area contributed by atoms with Crippen molar-refractivity contribution in [3.63, 3.8) is 0 Å². The molecule has 4 nitrogen and oxygen atoms in total. The molecule has 3 aromatic carbocycles. The highest BCUT2D eigenvalue weighted by atomic mass is 79.9. The summed E-state index contributed by atoms with van der Waals surface area (Å²) in [6.45, 7) is 3.09. The lowest BCUT2D eigenvalue weighted by Gasteiger charge is -2.31. The van der Waals surface area contributed by atoms with Gasteiger partial charge in [0, 0.05) is 40.3 Å². The van der Waals surface area contributed by atoms with E-state index in [4.69, 9.17) is 11.6 Å². The molecular weight excluding hydrogens is 568 g/mol. The van der Waals surface area contributed by atoms with Crippen molar-refractivity contribution < 1.29 is 9.59 Å². The van der Waals surface area contributed by atoms with Crippen molar-refractivity contribution in [2.75, 3.05) is 12.3 Å². The average Bonchev–Trinajstić information content (AvgIpc) is 2.91. The first kappa shape index (κ1) is 29.3. The lowest BCUT2D eigenvalue weighted by Crippen LogP contribution is -2.50. The van der Waals surface area contributed by atoms with E-state index >= 15 is 0 Å². The van der Waals surface area contributed by atoms with Gasteiger partial charge in [0.1, 0.15) is 6.04 Å².